The first kappa shape index (κ1) is 18.9. The lowest BCUT2D eigenvalue weighted by atomic mass is 9.95. The van der Waals surface area contributed by atoms with Gasteiger partial charge < -0.3 is 10.1 Å². The van der Waals surface area contributed by atoms with Gasteiger partial charge in [-0.3, -0.25) is 4.68 Å². The second-order valence-corrected chi connectivity index (χ2v) is 8.69. The molecule has 0 bridgehead atoms. The summed E-state index contributed by atoms with van der Waals surface area (Å²) in [7, 11) is 1.45. The summed E-state index contributed by atoms with van der Waals surface area (Å²) < 4.78 is 33.8. The molecule has 8 heteroatoms. The molecule has 1 aliphatic rings. The summed E-state index contributed by atoms with van der Waals surface area (Å²) in [6.45, 7) is 2.29. The number of ether oxygens (including phenoxy) is 1. The standard InChI is InChI=1S/C18H26N4O3S/c1-21(26(23,24)17-6-4-16(25-3)5-7-17)13-15-12-18(20-22(15)2)14-8-10-19-11-9-14/h4-7,12,14,19H,8-11,13H2,1-3H3. The van der Waals surface area contributed by atoms with Crippen LogP contribution in [0.1, 0.15) is 30.1 Å². The predicted octanol–water partition coefficient (Wildman–Crippen LogP) is 1.72. The Bertz CT molecular complexity index is 840. The largest absolute Gasteiger partial charge is 0.497 e. The Morgan fingerprint density at radius 1 is 1.27 bits per heavy atom. The summed E-state index contributed by atoms with van der Waals surface area (Å²) in [6, 6.07) is 8.47. The van der Waals surface area contributed by atoms with Crippen LogP contribution in [0.2, 0.25) is 0 Å². The molecule has 142 valence electrons. The number of sulfonamides is 1. The van der Waals surface area contributed by atoms with Crippen LogP contribution < -0.4 is 10.1 Å². The van der Waals surface area contributed by atoms with Crippen LogP contribution in [0.3, 0.4) is 0 Å². The summed E-state index contributed by atoms with van der Waals surface area (Å²) in [5.41, 5.74) is 1.94. The van der Waals surface area contributed by atoms with Crippen molar-refractivity contribution in [3.63, 3.8) is 0 Å². The average Bonchev–Trinajstić information content (AvgIpc) is 3.03. The number of piperidine rings is 1. The third kappa shape index (κ3) is 3.92. The molecule has 0 spiro atoms. The molecule has 1 N–H and O–H groups in total. The van der Waals surface area contributed by atoms with Gasteiger partial charge in [0.1, 0.15) is 5.75 Å². The molecule has 1 aromatic carbocycles. The molecule has 0 aliphatic carbocycles. The molecule has 0 radical (unpaired) electrons. The molecular weight excluding hydrogens is 352 g/mol. The number of nitrogens with zero attached hydrogens (tertiary/aromatic N) is 3. The van der Waals surface area contributed by atoms with E-state index in [4.69, 9.17) is 4.74 Å². The molecule has 26 heavy (non-hydrogen) atoms. The second kappa shape index (κ2) is 7.77. The number of aryl methyl sites for hydroxylation is 1. The highest BCUT2D eigenvalue weighted by Gasteiger charge is 2.24. The summed E-state index contributed by atoms with van der Waals surface area (Å²) in [5, 5.41) is 7.97. The topological polar surface area (TPSA) is 76.5 Å². The molecule has 1 fully saturated rings. The van der Waals surface area contributed by atoms with E-state index in [1.54, 1.807) is 43.1 Å². The number of methoxy groups -OCH3 is 1. The van der Waals surface area contributed by atoms with Gasteiger partial charge in [0.15, 0.2) is 0 Å². The summed E-state index contributed by atoms with van der Waals surface area (Å²) in [5.74, 6) is 1.07. The van der Waals surface area contributed by atoms with Crippen LogP contribution in [-0.4, -0.2) is 49.8 Å². The van der Waals surface area contributed by atoms with Crippen LogP contribution in [0.15, 0.2) is 35.2 Å². The van der Waals surface area contributed by atoms with E-state index in [-0.39, 0.29) is 11.4 Å². The van der Waals surface area contributed by atoms with Crippen LogP contribution in [0.4, 0.5) is 0 Å². The van der Waals surface area contributed by atoms with E-state index < -0.39 is 10.0 Å². The van der Waals surface area contributed by atoms with Crippen LogP contribution >= 0.6 is 0 Å². The lowest BCUT2D eigenvalue weighted by Gasteiger charge is -2.20. The van der Waals surface area contributed by atoms with E-state index >= 15 is 0 Å². The molecule has 0 amide bonds. The average molecular weight is 378 g/mol. The molecule has 0 unspecified atom stereocenters. The van der Waals surface area contributed by atoms with Crippen molar-refractivity contribution < 1.29 is 13.2 Å². The number of rotatable bonds is 6. The maximum absolute atomic E-state index is 12.8. The maximum Gasteiger partial charge on any atom is 0.243 e. The summed E-state index contributed by atoms with van der Waals surface area (Å²) in [6.07, 6.45) is 2.13. The molecule has 1 saturated heterocycles. The Kier molecular flexibility index (Phi) is 5.64. The lowest BCUT2D eigenvalue weighted by molar-refractivity contribution is 0.414. The first-order valence-electron chi connectivity index (χ1n) is 8.75. The number of aromatic nitrogens is 2. The zero-order valence-corrected chi connectivity index (χ0v) is 16.3. The van der Waals surface area contributed by atoms with Crippen LogP contribution in [0.5, 0.6) is 5.75 Å². The summed E-state index contributed by atoms with van der Waals surface area (Å²) in [4.78, 5) is 0.251. The predicted molar refractivity (Wildman–Crippen MR) is 99.7 cm³/mol. The van der Waals surface area contributed by atoms with Crippen molar-refractivity contribution in [1.29, 1.82) is 0 Å². The van der Waals surface area contributed by atoms with Gasteiger partial charge in [-0.1, -0.05) is 0 Å². The van der Waals surface area contributed by atoms with Gasteiger partial charge in [-0.25, -0.2) is 8.42 Å². The zero-order valence-electron chi connectivity index (χ0n) is 15.5. The van der Waals surface area contributed by atoms with Crippen molar-refractivity contribution in [3.8, 4) is 5.75 Å². The first-order chi connectivity index (χ1) is 12.4. The first-order valence-corrected chi connectivity index (χ1v) is 10.2. The van der Waals surface area contributed by atoms with Gasteiger partial charge in [0.2, 0.25) is 10.0 Å². The highest BCUT2D eigenvalue weighted by Crippen LogP contribution is 2.26. The fourth-order valence-corrected chi connectivity index (χ4v) is 4.38. The van der Waals surface area contributed by atoms with E-state index in [0.717, 1.165) is 37.3 Å². The van der Waals surface area contributed by atoms with Crippen molar-refractivity contribution >= 4 is 10.0 Å². The molecule has 7 nitrogen and oxygen atoms in total. The number of hydrogen-bond donors (Lipinski definition) is 1. The lowest BCUT2D eigenvalue weighted by Crippen LogP contribution is -2.27. The van der Waals surface area contributed by atoms with E-state index in [1.807, 2.05) is 13.1 Å². The molecule has 0 atom stereocenters. The minimum absolute atomic E-state index is 0.251. The minimum Gasteiger partial charge on any atom is -0.497 e. The smallest absolute Gasteiger partial charge is 0.243 e. The van der Waals surface area contributed by atoms with Gasteiger partial charge in [0.25, 0.3) is 0 Å². The van der Waals surface area contributed by atoms with Crippen LogP contribution in [-0.2, 0) is 23.6 Å². The quantitative estimate of drug-likeness (QED) is 0.828. The SMILES string of the molecule is COc1ccc(S(=O)(=O)N(C)Cc2cc(C3CCNCC3)nn2C)cc1. The van der Waals surface area contributed by atoms with Crippen molar-refractivity contribution in [2.24, 2.45) is 7.05 Å². The zero-order chi connectivity index (χ0) is 18.7. The van der Waals surface area contributed by atoms with Crippen LogP contribution in [0, 0.1) is 0 Å². The Hall–Kier alpha value is -1.90. The normalized spacial score (nSPS) is 16.2. The van der Waals surface area contributed by atoms with Gasteiger partial charge in [-0.05, 0) is 56.3 Å². The molecule has 1 aliphatic heterocycles. The number of benzene rings is 1. The maximum atomic E-state index is 12.8. The van der Waals surface area contributed by atoms with E-state index in [1.165, 1.54) is 4.31 Å². The van der Waals surface area contributed by atoms with Gasteiger partial charge in [-0.15, -0.1) is 0 Å². The Morgan fingerprint density at radius 3 is 2.54 bits per heavy atom. The fourth-order valence-electron chi connectivity index (χ4n) is 3.24. The van der Waals surface area contributed by atoms with Crippen molar-refractivity contribution in [3.05, 3.63) is 41.7 Å². The number of hydrogen-bond acceptors (Lipinski definition) is 5. The van der Waals surface area contributed by atoms with Gasteiger partial charge >= 0.3 is 0 Å². The molecule has 2 aromatic rings. The Balaban J connectivity index is 1.75. The highest BCUT2D eigenvalue weighted by molar-refractivity contribution is 7.89. The molecule has 2 heterocycles. The molecule has 1 aromatic heterocycles. The molecule has 3 rings (SSSR count). The highest BCUT2D eigenvalue weighted by atomic mass is 32.2. The Morgan fingerprint density at radius 2 is 1.92 bits per heavy atom. The van der Waals surface area contributed by atoms with Gasteiger partial charge in [0.05, 0.1) is 29.9 Å². The summed E-state index contributed by atoms with van der Waals surface area (Å²) >= 11 is 0. The monoisotopic (exact) mass is 378 g/mol. The molecule has 0 saturated carbocycles. The third-order valence-electron chi connectivity index (χ3n) is 4.91. The van der Waals surface area contributed by atoms with Gasteiger partial charge in [-0.2, -0.15) is 9.40 Å². The van der Waals surface area contributed by atoms with Crippen molar-refractivity contribution in [2.75, 3.05) is 27.2 Å². The van der Waals surface area contributed by atoms with Crippen LogP contribution in [0.25, 0.3) is 0 Å². The van der Waals surface area contributed by atoms with E-state index in [9.17, 15) is 8.42 Å². The fraction of sp³-hybridized carbons (Fsp3) is 0.500. The van der Waals surface area contributed by atoms with E-state index in [0.29, 0.717) is 11.7 Å². The van der Waals surface area contributed by atoms with Gasteiger partial charge in [0, 0.05) is 20.0 Å². The third-order valence-corrected chi connectivity index (χ3v) is 6.72. The Labute approximate surface area is 155 Å². The van der Waals surface area contributed by atoms with Crippen molar-refractivity contribution in [1.82, 2.24) is 19.4 Å². The number of nitrogens with one attached hydrogen (secondary N) is 1. The second-order valence-electron chi connectivity index (χ2n) is 6.65. The van der Waals surface area contributed by atoms with E-state index in [2.05, 4.69) is 10.4 Å². The molecular formula is C18H26N4O3S. The van der Waals surface area contributed by atoms with Crippen molar-refractivity contribution in [2.45, 2.75) is 30.2 Å². The minimum atomic E-state index is -3.57.